The minimum absolute atomic E-state index is 0.220. The maximum atomic E-state index is 12.6. The quantitative estimate of drug-likeness (QED) is 0.627. The Hall–Kier alpha value is -3.35. The molecule has 0 radical (unpaired) electrons. The second-order valence-electron chi connectivity index (χ2n) is 6.98. The zero-order valence-corrected chi connectivity index (χ0v) is 17.3. The fraction of sp³-hybridized carbons (Fsp3) is 0.348. The number of carbonyl (C=O) groups is 3. The number of imide groups is 1. The third-order valence-corrected chi connectivity index (χ3v) is 4.56. The Kier molecular flexibility index (Phi) is 7.06. The van der Waals surface area contributed by atoms with Crippen molar-refractivity contribution in [1.29, 1.82) is 0 Å². The summed E-state index contributed by atoms with van der Waals surface area (Å²) in [5, 5.41) is 2.84. The molecule has 3 rings (SSSR count). The Balaban J connectivity index is 1.71. The largest absolute Gasteiger partial charge is 0.490 e. The van der Waals surface area contributed by atoms with E-state index in [9.17, 15) is 14.4 Å². The van der Waals surface area contributed by atoms with Crippen LogP contribution in [0.3, 0.4) is 0 Å². The number of hydrogen-bond donors (Lipinski definition) is 1. The molecule has 1 aliphatic heterocycles. The highest BCUT2D eigenvalue weighted by molar-refractivity contribution is 6.20. The van der Waals surface area contributed by atoms with Crippen LogP contribution in [0, 0.1) is 0 Å². The lowest BCUT2D eigenvalue weighted by atomic mass is 10.1. The molecule has 0 unspecified atom stereocenters. The second kappa shape index (κ2) is 9.91. The van der Waals surface area contributed by atoms with Crippen molar-refractivity contribution < 1.29 is 23.9 Å². The lowest BCUT2D eigenvalue weighted by molar-refractivity contribution is -0.121. The highest BCUT2D eigenvalue weighted by Crippen LogP contribution is 2.31. The normalized spacial score (nSPS) is 13.5. The first-order chi connectivity index (χ1) is 14.5. The van der Waals surface area contributed by atoms with Crippen LogP contribution < -0.4 is 19.7 Å². The van der Waals surface area contributed by atoms with Crippen LogP contribution in [0.1, 0.15) is 49.9 Å². The van der Waals surface area contributed by atoms with E-state index in [4.69, 9.17) is 9.47 Å². The first-order valence-electron chi connectivity index (χ1n) is 10.2. The van der Waals surface area contributed by atoms with Gasteiger partial charge in [-0.25, -0.2) is 0 Å². The van der Waals surface area contributed by atoms with Crippen LogP contribution in [0.25, 0.3) is 0 Å². The molecule has 158 valence electrons. The van der Waals surface area contributed by atoms with Crippen molar-refractivity contribution in [2.45, 2.75) is 39.5 Å². The summed E-state index contributed by atoms with van der Waals surface area (Å²) in [5.41, 5.74) is 1.48. The van der Waals surface area contributed by atoms with E-state index >= 15 is 0 Å². The molecule has 3 amide bonds. The van der Waals surface area contributed by atoms with Crippen molar-refractivity contribution in [3.63, 3.8) is 0 Å². The van der Waals surface area contributed by atoms with Crippen molar-refractivity contribution in [3.8, 4) is 11.5 Å². The van der Waals surface area contributed by atoms with E-state index in [0.717, 1.165) is 17.7 Å². The highest BCUT2D eigenvalue weighted by atomic mass is 16.5. The SMILES string of the molecule is CCCOc1ccc(NC(=O)c2ccc(N3C(=O)CCC3=O)cc2)cc1OCCC. The van der Waals surface area contributed by atoms with Gasteiger partial charge in [0.15, 0.2) is 11.5 Å². The van der Waals surface area contributed by atoms with Crippen molar-refractivity contribution in [3.05, 3.63) is 48.0 Å². The molecule has 2 aromatic carbocycles. The molecular weight excluding hydrogens is 384 g/mol. The van der Waals surface area contributed by atoms with Gasteiger partial charge in [-0.1, -0.05) is 13.8 Å². The summed E-state index contributed by atoms with van der Waals surface area (Å²) in [6.45, 7) is 5.19. The Morgan fingerprint density at radius 1 is 0.900 bits per heavy atom. The van der Waals surface area contributed by atoms with Gasteiger partial charge in [0.2, 0.25) is 11.8 Å². The zero-order chi connectivity index (χ0) is 21.5. The predicted octanol–water partition coefficient (Wildman–Crippen LogP) is 4.17. The number of amides is 3. The topological polar surface area (TPSA) is 84.9 Å². The van der Waals surface area contributed by atoms with Crippen molar-refractivity contribution in [1.82, 2.24) is 0 Å². The number of rotatable bonds is 9. The number of benzene rings is 2. The Labute approximate surface area is 176 Å². The summed E-state index contributed by atoms with van der Waals surface area (Å²) in [6, 6.07) is 11.7. The number of ether oxygens (including phenoxy) is 2. The van der Waals surface area contributed by atoms with Crippen molar-refractivity contribution >= 4 is 29.1 Å². The summed E-state index contributed by atoms with van der Waals surface area (Å²) in [4.78, 5) is 37.5. The van der Waals surface area contributed by atoms with Gasteiger partial charge >= 0.3 is 0 Å². The Morgan fingerprint density at radius 3 is 2.10 bits per heavy atom. The maximum absolute atomic E-state index is 12.6. The molecule has 0 aliphatic carbocycles. The first-order valence-corrected chi connectivity index (χ1v) is 10.2. The van der Waals surface area contributed by atoms with Crippen molar-refractivity contribution in [2.24, 2.45) is 0 Å². The minimum Gasteiger partial charge on any atom is -0.490 e. The number of anilines is 2. The van der Waals surface area contributed by atoms with Crippen LogP contribution in [0.4, 0.5) is 11.4 Å². The predicted molar refractivity (Wildman–Crippen MR) is 114 cm³/mol. The zero-order valence-electron chi connectivity index (χ0n) is 17.3. The van der Waals surface area contributed by atoms with E-state index in [1.54, 1.807) is 42.5 Å². The van der Waals surface area contributed by atoms with Crippen LogP contribution in [-0.2, 0) is 9.59 Å². The van der Waals surface area contributed by atoms with Gasteiger partial charge in [-0.05, 0) is 49.2 Å². The molecule has 1 heterocycles. The molecule has 30 heavy (non-hydrogen) atoms. The fourth-order valence-corrected chi connectivity index (χ4v) is 3.07. The van der Waals surface area contributed by atoms with Crippen LogP contribution in [0.15, 0.2) is 42.5 Å². The lowest BCUT2D eigenvalue weighted by Crippen LogP contribution is -2.28. The van der Waals surface area contributed by atoms with Crippen LogP contribution in [0.5, 0.6) is 11.5 Å². The van der Waals surface area contributed by atoms with E-state index in [2.05, 4.69) is 5.32 Å². The molecule has 1 N–H and O–H groups in total. The third kappa shape index (κ3) is 4.97. The Bertz CT molecular complexity index is 908. The average Bonchev–Trinajstić information content (AvgIpc) is 3.09. The van der Waals surface area contributed by atoms with Gasteiger partial charge in [-0.2, -0.15) is 0 Å². The van der Waals surface area contributed by atoms with Crippen molar-refractivity contribution in [2.75, 3.05) is 23.4 Å². The van der Waals surface area contributed by atoms with Gasteiger partial charge in [-0.3, -0.25) is 19.3 Å². The summed E-state index contributed by atoms with van der Waals surface area (Å²) in [6.07, 6.45) is 2.19. The number of nitrogens with one attached hydrogen (secondary N) is 1. The standard InChI is InChI=1S/C23H26N2O5/c1-3-13-29-19-10-7-17(15-20(19)30-14-4-2)24-23(28)16-5-8-18(9-6-16)25-21(26)11-12-22(25)27/h5-10,15H,3-4,11-14H2,1-2H3,(H,24,28). The molecule has 0 atom stereocenters. The molecule has 0 bridgehead atoms. The smallest absolute Gasteiger partial charge is 0.255 e. The molecule has 1 aliphatic rings. The third-order valence-electron chi connectivity index (χ3n) is 4.56. The van der Waals surface area contributed by atoms with Gasteiger partial charge < -0.3 is 14.8 Å². The summed E-state index contributed by atoms with van der Waals surface area (Å²) in [5.74, 6) is 0.491. The Morgan fingerprint density at radius 2 is 1.50 bits per heavy atom. The van der Waals surface area contributed by atoms with Crippen LogP contribution >= 0.6 is 0 Å². The molecule has 0 saturated carbocycles. The van der Waals surface area contributed by atoms with E-state index in [1.807, 2.05) is 13.8 Å². The monoisotopic (exact) mass is 410 g/mol. The van der Waals surface area contributed by atoms with Gasteiger partial charge in [0.25, 0.3) is 5.91 Å². The summed E-state index contributed by atoms with van der Waals surface area (Å²) < 4.78 is 11.5. The maximum Gasteiger partial charge on any atom is 0.255 e. The molecule has 7 nitrogen and oxygen atoms in total. The molecule has 7 heteroatoms. The van der Waals surface area contributed by atoms with Crippen LogP contribution in [-0.4, -0.2) is 30.9 Å². The van der Waals surface area contributed by atoms with Gasteiger partial charge in [-0.15, -0.1) is 0 Å². The molecule has 0 spiro atoms. The first kappa shape index (κ1) is 21.4. The lowest BCUT2D eigenvalue weighted by Gasteiger charge is -2.15. The molecular formula is C23H26N2O5. The van der Waals surface area contributed by atoms with E-state index in [-0.39, 0.29) is 30.6 Å². The van der Waals surface area contributed by atoms with Crippen LogP contribution in [0.2, 0.25) is 0 Å². The number of nitrogens with zero attached hydrogens (tertiary/aromatic N) is 1. The highest BCUT2D eigenvalue weighted by Gasteiger charge is 2.30. The molecule has 1 fully saturated rings. The van der Waals surface area contributed by atoms with Gasteiger partial charge in [0.1, 0.15) is 0 Å². The van der Waals surface area contributed by atoms with E-state index in [0.29, 0.717) is 41.7 Å². The fourth-order valence-electron chi connectivity index (χ4n) is 3.07. The van der Waals surface area contributed by atoms with Gasteiger partial charge in [0, 0.05) is 30.2 Å². The van der Waals surface area contributed by atoms with E-state index < -0.39 is 0 Å². The number of carbonyl (C=O) groups excluding carboxylic acids is 3. The average molecular weight is 410 g/mol. The molecule has 2 aromatic rings. The summed E-state index contributed by atoms with van der Waals surface area (Å²) in [7, 11) is 0. The van der Waals surface area contributed by atoms with Gasteiger partial charge in [0.05, 0.1) is 18.9 Å². The van der Waals surface area contributed by atoms with E-state index in [1.165, 1.54) is 0 Å². The minimum atomic E-state index is -0.302. The molecule has 0 aromatic heterocycles. The second-order valence-corrected chi connectivity index (χ2v) is 6.98. The number of hydrogen-bond acceptors (Lipinski definition) is 5. The summed E-state index contributed by atoms with van der Waals surface area (Å²) >= 11 is 0. The molecule has 1 saturated heterocycles.